The van der Waals surface area contributed by atoms with Gasteiger partial charge in [0, 0.05) is 35.2 Å². The number of aromatic nitrogens is 4. The highest BCUT2D eigenvalue weighted by Gasteiger charge is 2.57. The fraction of sp³-hybridized carbons (Fsp3) is 0.425. The number of nitriles is 1. The molecule has 5 aromatic carbocycles. The smallest absolute Gasteiger partial charge is 0.327 e. The number of hydrazone groups is 2. The van der Waals surface area contributed by atoms with Gasteiger partial charge < -0.3 is 51.7 Å². The summed E-state index contributed by atoms with van der Waals surface area (Å²) in [5.74, 6) is -0.782. The summed E-state index contributed by atoms with van der Waals surface area (Å²) >= 11 is 6.76. The predicted molar refractivity (Wildman–Crippen MR) is 419 cm³/mol. The van der Waals surface area contributed by atoms with Crippen LogP contribution in [0.5, 0.6) is 11.5 Å². The molecule has 2 amide bonds. The van der Waals surface area contributed by atoms with Gasteiger partial charge in [0.15, 0.2) is 39.8 Å². The zero-order valence-corrected chi connectivity index (χ0v) is 67.1. The van der Waals surface area contributed by atoms with Crippen molar-refractivity contribution in [2.45, 2.75) is 172 Å². The highest BCUT2D eigenvalue weighted by atomic mass is 32.5. The van der Waals surface area contributed by atoms with E-state index in [1.165, 1.54) is 24.6 Å². The predicted octanol–water partition coefficient (Wildman–Crippen LogP) is 14.8. The second kappa shape index (κ2) is 32.8. The Balaban J connectivity index is 0.972. The lowest BCUT2D eigenvalue weighted by molar-refractivity contribution is -0.157. The van der Waals surface area contributed by atoms with E-state index in [2.05, 4.69) is 84.1 Å². The quantitative estimate of drug-likeness (QED) is 0.0150. The van der Waals surface area contributed by atoms with Gasteiger partial charge in [-0.1, -0.05) is 133 Å². The topological polar surface area (TPSA) is 271 Å². The van der Waals surface area contributed by atoms with Gasteiger partial charge >= 0.3 is 12.7 Å². The number of imidazole rings is 1. The van der Waals surface area contributed by atoms with Gasteiger partial charge in [-0.3, -0.25) is 28.5 Å². The number of carbonyl (C=O) groups excluding carboxylic acids is 4. The maximum absolute atomic E-state index is 14.5. The van der Waals surface area contributed by atoms with Gasteiger partial charge in [-0.15, -0.1) is 0 Å². The van der Waals surface area contributed by atoms with Crippen LogP contribution in [0.4, 0.5) is 5.82 Å². The highest BCUT2D eigenvalue weighted by Crippen LogP contribution is 2.58. The molecule has 1 unspecified atom stereocenters. The third kappa shape index (κ3) is 17.0. The Bertz CT molecular complexity index is 4600. The number of allylic oxidation sites excluding steroid dienone is 2. The molecule has 108 heavy (non-hydrogen) atoms. The molecular weight excluding hydrogens is 1440 g/mol. The Morgan fingerprint density at radius 3 is 1.92 bits per heavy atom. The number of Topliss-reactive ketones (excluding diaryl/α,β-unsaturated/α-hetero) is 1. The van der Waals surface area contributed by atoms with Gasteiger partial charge in [0.2, 0.25) is 0 Å². The molecule has 5 aliphatic rings. The summed E-state index contributed by atoms with van der Waals surface area (Å²) in [5, 5.41) is 25.9. The molecule has 1 saturated carbocycles. The maximum atomic E-state index is 14.5. The molecule has 1 saturated heterocycles. The van der Waals surface area contributed by atoms with Crippen molar-refractivity contribution in [1.29, 1.82) is 5.26 Å². The van der Waals surface area contributed by atoms with E-state index in [0.29, 0.717) is 41.2 Å². The van der Waals surface area contributed by atoms with E-state index >= 15 is 0 Å². The average Bonchev–Trinajstić information content (AvgIpc) is 1.47. The number of hydrogen-bond acceptors (Lipinski definition) is 22. The van der Waals surface area contributed by atoms with E-state index in [4.69, 9.17) is 78.1 Å². The number of hydrogen-bond donors (Lipinski definition) is 1. The molecule has 24 nitrogen and oxygen atoms in total. The van der Waals surface area contributed by atoms with Crippen LogP contribution >= 0.6 is 6.72 Å². The molecule has 1 N–H and O–H groups in total. The number of fused-ring (bicyclic) bond motifs is 1. The van der Waals surface area contributed by atoms with E-state index in [1.54, 1.807) is 61.4 Å². The van der Waals surface area contributed by atoms with Crippen LogP contribution in [0, 0.1) is 17.2 Å². The first kappa shape index (κ1) is 78.8. The summed E-state index contributed by atoms with van der Waals surface area (Å²) < 4.78 is 71.8. The number of ether oxygens (including phenoxy) is 5. The molecule has 0 radical (unpaired) electrons. The van der Waals surface area contributed by atoms with Crippen molar-refractivity contribution in [3.05, 3.63) is 203 Å². The van der Waals surface area contributed by atoms with Gasteiger partial charge in [0.25, 0.3) is 11.8 Å². The number of rotatable bonds is 29. The first-order chi connectivity index (χ1) is 51.5. The number of esters is 1. The van der Waals surface area contributed by atoms with Crippen LogP contribution in [0.15, 0.2) is 185 Å². The summed E-state index contributed by atoms with van der Waals surface area (Å²) in [7, 11) is -2.55. The Labute approximate surface area is 638 Å². The molecule has 2 aliphatic carbocycles. The standard InChI is InChI=1S/C80H95N10O14PSSi2/c1-52(91)30-41-66(92)101-69-57(44-64(70(69)103-107(10,11)78(2,3)4)89-46-55-31-32-56-47-90(85-45-63(87-89)67(55)56)76(94)54-26-19-15-20-27-54)48-99-105(106,98-43-23-42-81)102-72-71(104-108(12,13)79(5,6)7)65(100-77(72)88-51-84-68-73(82-50-83-74(68)88)86-75(93)53-24-17-14-18-25-53)49-97-80(58-28-21-16-22-29-58,59-33-37-61(95-8)38-34-59)60-35-39-62(96-9)40-36-60/h14-22,24-29,33-40,45-46,50-51,57,64-65,69-72,77H,23,30-32,41,43-44,47-49H2,1-13H3,(H,82,83,86,93)/t57-,64-,65-,69-,70+,71-,72-,77-,105?/m1/s1. The number of benzene rings is 5. The monoisotopic (exact) mass is 1540 g/mol. The highest BCUT2D eigenvalue weighted by molar-refractivity contribution is 8.07. The van der Waals surface area contributed by atoms with E-state index in [9.17, 15) is 24.4 Å². The number of carbonyl (C=O) groups is 4. The van der Waals surface area contributed by atoms with Crippen LogP contribution in [0.3, 0.4) is 0 Å². The Morgan fingerprint density at radius 1 is 0.713 bits per heavy atom. The molecule has 28 heteroatoms. The second-order valence-electron chi connectivity index (χ2n) is 30.7. The van der Waals surface area contributed by atoms with E-state index < -0.39 is 94.6 Å². The molecule has 2 aromatic heterocycles. The molecule has 2 fully saturated rings. The van der Waals surface area contributed by atoms with E-state index in [0.717, 1.165) is 33.4 Å². The number of ketones is 1. The Kier molecular flexibility index (Phi) is 24.0. The number of nitrogens with zero attached hydrogens (tertiary/aromatic N) is 9. The van der Waals surface area contributed by atoms with Gasteiger partial charge in [0.05, 0.1) is 78.1 Å². The lowest BCUT2D eigenvalue weighted by Gasteiger charge is -2.42. The van der Waals surface area contributed by atoms with E-state index in [-0.39, 0.29) is 85.8 Å². The molecule has 7 aromatic rings. The lowest BCUT2D eigenvalue weighted by atomic mass is 9.80. The van der Waals surface area contributed by atoms with Crippen molar-refractivity contribution in [2.24, 2.45) is 16.1 Å². The van der Waals surface area contributed by atoms with Crippen molar-refractivity contribution in [2.75, 3.05) is 45.9 Å². The van der Waals surface area contributed by atoms with E-state index in [1.807, 2.05) is 114 Å². The van der Waals surface area contributed by atoms with Crippen LogP contribution in [-0.4, -0.2) is 159 Å². The van der Waals surface area contributed by atoms with Gasteiger partial charge in [0.1, 0.15) is 65.4 Å². The van der Waals surface area contributed by atoms with Crippen LogP contribution in [0.2, 0.25) is 36.3 Å². The minimum atomic E-state index is -4.27. The fourth-order valence-electron chi connectivity index (χ4n) is 13.7. The largest absolute Gasteiger partial charge is 0.497 e. The number of anilines is 1. The van der Waals surface area contributed by atoms with Crippen LogP contribution in [-0.2, 0) is 63.6 Å². The van der Waals surface area contributed by atoms with Crippen LogP contribution in [0.1, 0.15) is 131 Å². The third-order valence-corrected chi connectivity index (χ3v) is 32.8. The molecule has 0 bridgehead atoms. The lowest BCUT2D eigenvalue weighted by Crippen LogP contribution is -2.52. The van der Waals surface area contributed by atoms with Crippen LogP contribution in [0.25, 0.3) is 11.2 Å². The number of amides is 2. The molecule has 9 atom stereocenters. The molecule has 5 heterocycles. The average molecular weight is 1540 g/mol. The zero-order chi connectivity index (χ0) is 76.9. The number of methoxy groups -OCH3 is 2. The fourth-order valence-corrected chi connectivity index (χ4v) is 18.4. The maximum Gasteiger partial charge on any atom is 0.327 e. The van der Waals surface area contributed by atoms with Crippen LogP contribution < -0.4 is 14.8 Å². The molecule has 3 aliphatic heterocycles. The molecular formula is C80H95N10O14PSSi2. The molecule has 568 valence electrons. The van der Waals surface area contributed by atoms with Gasteiger partial charge in [-0.2, -0.15) is 15.5 Å². The Hall–Kier alpha value is -8.76. The zero-order valence-electron chi connectivity index (χ0n) is 63.4. The summed E-state index contributed by atoms with van der Waals surface area (Å²) in [6.07, 6.45) is 1.30. The first-order valence-electron chi connectivity index (χ1n) is 36.4. The summed E-state index contributed by atoms with van der Waals surface area (Å²) in [6.45, 7) is 18.2. The summed E-state index contributed by atoms with van der Waals surface area (Å²) in [4.78, 5) is 69.1. The van der Waals surface area contributed by atoms with Crippen molar-refractivity contribution in [3.63, 3.8) is 0 Å². The first-order valence-corrected chi connectivity index (χ1v) is 44.8. The minimum Gasteiger partial charge on any atom is -0.497 e. The molecule has 0 spiro atoms. The van der Waals surface area contributed by atoms with Crippen molar-refractivity contribution in [3.8, 4) is 17.6 Å². The van der Waals surface area contributed by atoms with Crippen molar-refractivity contribution in [1.82, 2.24) is 29.5 Å². The minimum absolute atomic E-state index is 0.0510. The van der Waals surface area contributed by atoms with Crippen molar-refractivity contribution >= 4 is 87.6 Å². The summed E-state index contributed by atoms with van der Waals surface area (Å²) in [5.41, 5.74) is 5.88. The van der Waals surface area contributed by atoms with Gasteiger partial charge in [-0.05, 0) is 151 Å². The Morgan fingerprint density at radius 2 is 1.31 bits per heavy atom. The van der Waals surface area contributed by atoms with Gasteiger partial charge in [-0.25, -0.2) is 20.0 Å². The summed E-state index contributed by atoms with van der Waals surface area (Å²) in [6, 6.07) is 44.7. The second-order valence-corrected chi connectivity index (χ2v) is 43.2. The molecule has 12 rings (SSSR count). The normalized spacial score (nSPS) is 21.5. The number of nitrogens with one attached hydrogen (secondary N) is 1. The SMILES string of the molecule is COc1ccc(C(OC[C@H]2O[C@@H](n3cnc4c(NC(=O)c5ccccc5)ncnc43)[C@H](OP(=S)(OCCC#N)OC[C@H]3C[C@@H](N4C=C5CCC6=C5C(=N4)C=NN(C(=O)c4ccccc4)C6)[C@H](O[Si](C)(C)C(C)(C)C)[C@@H]3OC(=O)CCC(C)=O)[C@@H]2O[Si](C)(C)C(C)(C)C)(c2ccccc2)c2ccc(OC)cc2)cc1. The third-order valence-electron chi connectivity index (χ3n) is 21.5. The van der Waals surface area contributed by atoms with Crippen molar-refractivity contribution < 1.29 is 65.3 Å².